The first-order valence-electron chi connectivity index (χ1n) is 5.30. The Morgan fingerprint density at radius 3 is 2.87 bits per heavy atom. The summed E-state index contributed by atoms with van der Waals surface area (Å²) in [5, 5.41) is 2.73. The van der Waals surface area contributed by atoms with Crippen LogP contribution in [0.3, 0.4) is 0 Å². The molecule has 0 saturated carbocycles. The molecule has 2 amide bonds. The van der Waals surface area contributed by atoms with Crippen molar-refractivity contribution in [1.82, 2.24) is 10.2 Å². The first-order valence-corrected chi connectivity index (χ1v) is 5.30. The van der Waals surface area contributed by atoms with Crippen LogP contribution >= 0.6 is 0 Å². The summed E-state index contributed by atoms with van der Waals surface area (Å²) in [5.41, 5.74) is 5.54. The van der Waals surface area contributed by atoms with Crippen molar-refractivity contribution in [3.8, 4) is 0 Å². The molecule has 0 aliphatic carbocycles. The van der Waals surface area contributed by atoms with Gasteiger partial charge in [0.25, 0.3) is 0 Å². The van der Waals surface area contributed by atoms with Crippen LogP contribution in [-0.4, -0.2) is 42.4 Å². The Kier molecular flexibility index (Phi) is 4.08. The van der Waals surface area contributed by atoms with E-state index in [9.17, 15) is 9.59 Å². The number of hydrogen-bond donors (Lipinski definition) is 2. The van der Waals surface area contributed by atoms with Gasteiger partial charge in [-0.15, -0.1) is 0 Å². The number of carbonyl (C=O) groups excluding carboxylic acids is 2. The number of nitrogens with one attached hydrogen (secondary N) is 1. The maximum absolute atomic E-state index is 11.5. The number of nitrogens with zero attached hydrogens (tertiary/aromatic N) is 1. The summed E-state index contributed by atoms with van der Waals surface area (Å²) in [6.45, 7) is 2.58. The Morgan fingerprint density at radius 2 is 2.40 bits per heavy atom. The number of carbonyl (C=O) groups is 2. The van der Waals surface area contributed by atoms with Crippen LogP contribution in [0, 0.1) is 0 Å². The van der Waals surface area contributed by atoms with Crippen LogP contribution in [0.5, 0.6) is 0 Å². The SMILES string of the molecule is CC(N)CCC(=O)NC1CCN(C)C1=O. The number of nitrogens with two attached hydrogens (primary N) is 1. The van der Waals surface area contributed by atoms with E-state index in [4.69, 9.17) is 5.73 Å². The van der Waals surface area contributed by atoms with Crippen LogP contribution in [0.25, 0.3) is 0 Å². The Morgan fingerprint density at radius 1 is 1.73 bits per heavy atom. The van der Waals surface area contributed by atoms with E-state index in [1.54, 1.807) is 11.9 Å². The van der Waals surface area contributed by atoms with Crippen LogP contribution in [0.1, 0.15) is 26.2 Å². The highest BCUT2D eigenvalue weighted by Gasteiger charge is 2.29. The normalized spacial score (nSPS) is 23.0. The number of likely N-dealkylation sites (tertiary alicyclic amines) is 1. The minimum atomic E-state index is -0.324. The predicted molar refractivity (Wildman–Crippen MR) is 57.1 cm³/mol. The standard InChI is InChI=1S/C10H19N3O2/c1-7(11)3-4-9(14)12-8-5-6-13(2)10(8)15/h7-8H,3-6,11H2,1-2H3,(H,12,14). The van der Waals surface area contributed by atoms with Crippen molar-refractivity contribution < 1.29 is 9.59 Å². The molecule has 0 aromatic rings. The van der Waals surface area contributed by atoms with Gasteiger partial charge in [0.15, 0.2) is 0 Å². The molecule has 0 aromatic heterocycles. The second-order valence-corrected chi connectivity index (χ2v) is 4.18. The molecule has 1 heterocycles. The average Bonchev–Trinajstić information content (AvgIpc) is 2.47. The summed E-state index contributed by atoms with van der Waals surface area (Å²) in [6.07, 6.45) is 1.76. The summed E-state index contributed by atoms with van der Waals surface area (Å²) in [7, 11) is 1.75. The van der Waals surface area contributed by atoms with Gasteiger partial charge in [0, 0.05) is 26.1 Å². The maximum atomic E-state index is 11.5. The maximum Gasteiger partial charge on any atom is 0.244 e. The minimum Gasteiger partial charge on any atom is -0.344 e. The van der Waals surface area contributed by atoms with Crippen LogP contribution in [0.4, 0.5) is 0 Å². The molecule has 15 heavy (non-hydrogen) atoms. The van der Waals surface area contributed by atoms with Crippen LogP contribution < -0.4 is 11.1 Å². The molecule has 0 bridgehead atoms. The van der Waals surface area contributed by atoms with E-state index in [0.29, 0.717) is 19.3 Å². The third-order valence-corrected chi connectivity index (χ3v) is 2.59. The molecule has 1 fully saturated rings. The first-order chi connectivity index (χ1) is 7.00. The van der Waals surface area contributed by atoms with Gasteiger partial charge in [-0.3, -0.25) is 9.59 Å². The third kappa shape index (κ3) is 3.51. The molecule has 1 aliphatic rings. The van der Waals surface area contributed by atoms with Crippen molar-refractivity contribution >= 4 is 11.8 Å². The molecule has 3 N–H and O–H groups in total. The molecule has 86 valence electrons. The molecule has 1 saturated heterocycles. The van der Waals surface area contributed by atoms with Gasteiger partial charge in [-0.25, -0.2) is 0 Å². The fourth-order valence-electron chi connectivity index (χ4n) is 1.58. The van der Waals surface area contributed by atoms with Gasteiger partial charge < -0.3 is 16.0 Å². The average molecular weight is 213 g/mol. The predicted octanol–water partition coefficient (Wildman–Crippen LogP) is -0.539. The van der Waals surface area contributed by atoms with E-state index < -0.39 is 0 Å². The Labute approximate surface area is 90.0 Å². The lowest BCUT2D eigenvalue weighted by atomic mass is 10.1. The van der Waals surface area contributed by atoms with E-state index in [1.165, 1.54) is 0 Å². The Hall–Kier alpha value is -1.10. The fourth-order valence-corrected chi connectivity index (χ4v) is 1.58. The highest BCUT2D eigenvalue weighted by Crippen LogP contribution is 2.08. The van der Waals surface area contributed by atoms with Crippen molar-refractivity contribution in [2.75, 3.05) is 13.6 Å². The molecule has 1 rings (SSSR count). The monoisotopic (exact) mass is 213 g/mol. The Bertz CT molecular complexity index is 253. The van der Waals surface area contributed by atoms with E-state index >= 15 is 0 Å². The Balaban J connectivity index is 2.29. The van der Waals surface area contributed by atoms with E-state index in [-0.39, 0.29) is 23.9 Å². The van der Waals surface area contributed by atoms with Gasteiger partial charge in [0.1, 0.15) is 6.04 Å². The van der Waals surface area contributed by atoms with Crippen molar-refractivity contribution in [3.63, 3.8) is 0 Å². The molecule has 0 spiro atoms. The lowest BCUT2D eigenvalue weighted by Crippen LogP contribution is -2.40. The van der Waals surface area contributed by atoms with Crippen LogP contribution in [0.2, 0.25) is 0 Å². The molecule has 1 aliphatic heterocycles. The van der Waals surface area contributed by atoms with Crippen LogP contribution in [-0.2, 0) is 9.59 Å². The molecule has 5 heteroatoms. The summed E-state index contributed by atoms with van der Waals surface area (Å²) >= 11 is 0. The van der Waals surface area contributed by atoms with Crippen molar-refractivity contribution in [1.29, 1.82) is 0 Å². The minimum absolute atomic E-state index is 0.00384. The fraction of sp³-hybridized carbons (Fsp3) is 0.800. The van der Waals surface area contributed by atoms with Gasteiger partial charge in [0.05, 0.1) is 0 Å². The topological polar surface area (TPSA) is 75.4 Å². The van der Waals surface area contributed by atoms with Gasteiger partial charge in [-0.1, -0.05) is 0 Å². The van der Waals surface area contributed by atoms with E-state index in [0.717, 1.165) is 6.54 Å². The number of hydrogen-bond acceptors (Lipinski definition) is 3. The van der Waals surface area contributed by atoms with Gasteiger partial charge in [0.2, 0.25) is 11.8 Å². The lowest BCUT2D eigenvalue weighted by molar-refractivity contribution is -0.131. The molecule has 5 nitrogen and oxygen atoms in total. The zero-order valence-electron chi connectivity index (χ0n) is 9.32. The highest BCUT2D eigenvalue weighted by atomic mass is 16.2. The zero-order chi connectivity index (χ0) is 11.4. The molecule has 2 atom stereocenters. The second-order valence-electron chi connectivity index (χ2n) is 4.18. The smallest absolute Gasteiger partial charge is 0.244 e. The van der Waals surface area contributed by atoms with Crippen LogP contribution in [0.15, 0.2) is 0 Å². The molecule has 2 unspecified atom stereocenters. The summed E-state index contributed by atoms with van der Waals surface area (Å²) in [4.78, 5) is 24.5. The molecule has 0 radical (unpaired) electrons. The van der Waals surface area contributed by atoms with E-state index in [1.807, 2.05) is 6.92 Å². The molecule has 0 aromatic carbocycles. The van der Waals surface area contributed by atoms with Gasteiger partial charge in [-0.05, 0) is 19.8 Å². The van der Waals surface area contributed by atoms with Crippen molar-refractivity contribution in [3.05, 3.63) is 0 Å². The number of likely N-dealkylation sites (N-methyl/N-ethyl adjacent to an activating group) is 1. The van der Waals surface area contributed by atoms with Gasteiger partial charge in [-0.2, -0.15) is 0 Å². The molecular formula is C10H19N3O2. The van der Waals surface area contributed by atoms with Crippen molar-refractivity contribution in [2.24, 2.45) is 5.73 Å². The second kappa shape index (κ2) is 5.11. The van der Waals surface area contributed by atoms with Gasteiger partial charge >= 0.3 is 0 Å². The quantitative estimate of drug-likeness (QED) is 0.658. The first kappa shape index (κ1) is 12.0. The van der Waals surface area contributed by atoms with Crippen molar-refractivity contribution in [2.45, 2.75) is 38.3 Å². The number of amides is 2. The number of rotatable bonds is 4. The third-order valence-electron chi connectivity index (χ3n) is 2.59. The van der Waals surface area contributed by atoms with E-state index in [2.05, 4.69) is 5.32 Å². The lowest BCUT2D eigenvalue weighted by Gasteiger charge is -2.12. The highest BCUT2D eigenvalue weighted by molar-refractivity contribution is 5.88. The largest absolute Gasteiger partial charge is 0.344 e. The summed E-state index contributed by atoms with van der Waals surface area (Å²) in [5.74, 6) is -0.0786. The summed E-state index contributed by atoms with van der Waals surface area (Å²) in [6, 6.07) is -0.298. The summed E-state index contributed by atoms with van der Waals surface area (Å²) < 4.78 is 0. The molecular weight excluding hydrogens is 194 g/mol. The zero-order valence-corrected chi connectivity index (χ0v) is 9.32.